The molecule has 1 aromatic rings. The summed E-state index contributed by atoms with van der Waals surface area (Å²) in [6, 6.07) is 8.45. The lowest BCUT2D eigenvalue weighted by molar-refractivity contribution is 0.178. The quantitative estimate of drug-likeness (QED) is 0.539. The monoisotopic (exact) mass is 404 g/mol. The van der Waals surface area contributed by atoms with Crippen molar-refractivity contribution in [3.05, 3.63) is 29.8 Å². The van der Waals surface area contributed by atoms with Crippen LogP contribution in [0.2, 0.25) is 0 Å². The van der Waals surface area contributed by atoms with Crippen LogP contribution in [-0.4, -0.2) is 61.7 Å². The van der Waals surface area contributed by atoms with E-state index < -0.39 is 0 Å². The highest BCUT2D eigenvalue weighted by Crippen LogP contribution is 2.36. The minimum Gasteiger partial charge on any atom is -0.497 e. The number of nitrogens with one attached hydrogen (secondary N) is 2. The van der Waals surface area contributed by atoms with Crippen LogP contribution >= 0.6 is 11.8 Å². The Morgan fingerprint density at radius 2 is 2.00 bits per heavy atom. The number of benzene rings is 1. The number of rotatable bonds is 7. The van der Waals surface area contributed by atoms with Gasteiger partial charge in [-0.1, -0.05) is 12.1 Å². The summed E-state index contributed by atoms with van der Waals surface area (Å²) in [4.78, 5) is 6.97. The third-order valence-electron chi connectivity index (χ3n) is 5.98. The van der Waals surface area contributed by atoms with Crippen molar-refractivity contribution in [2.45, 2.75) is 43.9 Å². The van der Waals surface area contributed by atoms with Gasteiger partial charge in [-0.15, -0.1) is 0 Å². The highest BCUT2D eigenvalue weighted by atomic mass is 32.2. The van der Waals surface area contributed by atoms with E-state index in [1.54, 1.807) is 7.11 Å². The van der Waals surface area contributed by atoms with Crippen LogP contribution in [0, 0.1) is 5.92 Å². The normalized spacial score (nSPS) is 24.3. The van der Waals surface area contributed by atoms with Crippen LogP contribution in [0.25, 0.3) is 0 Å². The number of thioether (sulfide) groups is 1. The summed E-state index contributed by atoms with van der Waals surface area (Å²) in [6.07, 6.45) is 5.12. The van der Waals surface area contributed by atoms with Crippen molar-refractivity contribution in [3.8, 4) is 5.75 Å². The highest BCUT2D eigenvalue weighted by molar-refractivity contribution is 8.00. The topological polar surface area (TPSA) is 48.9 Å². The van der Waals surface area contributed by atoms with Crippen molar-refractivity contribution >= 4 is 17.7 Å². The van der Waals surface area contributed by atoms with Gasteiger partial charge in [0.15, 0.2) is 5.96 Å². The van der Waals surface area contributed by atoms with E-state index in [0.29, 0.717) is 4.75 Å². The van der Waals surface area contributed by atoms with Crippen molar-refractivity contribution < 1.29 is 4.74 Å². The fraction of sp³-hybridized carbons (Fsp3) is 0.682. The number of hydrogen-bond acceptors (Lipinski definition) is 4. The number of aliphatic imine (C=N–C) groups is 1. The zero-order valence-corrected chi connectivity index (χ0v) is 18.5. The molecule has 28 heavy (non-hydrogen) atoms. The molecule has 0 bridgehead atoms. The van der Waals surface area contributed by atoms with Gasteiger partial charge in [0.25, 0.3) is 0 Å². The van der Waals surface area contributed by atoms with Crippen LogP contribution in [-0.2, 0) is 6.54 Å². The van der Waals surface area contributed by atoms with Gasteiger partial charge in [0.1, 0.15) is 5.75 Å². The second-order valence-electron chi connectivity index (χ2n) is 8.28. The number of hydrogen-bond donors (Lipinski definition) is 2. The van der Waals surface area contributed by atoms with Crippen LogP contribution in [0.5, 0.6) is 5.75 Å². The average Bonchev–Trinajstić information content (AvgIpc) is 3.16. The van der Waals surface area contributed by atoms with E-state index in [1.807, 2.05) is 7.05 Å². The molecule has 2 saturated heterocycles. The standard InChI is InChI=1S/C22H36N4OS/c1-22(11-4-14-28-22)17-25-21(23-2)24-15-18-9-12-26(13-10-18)16-19-5-7-20(27-3)8-6-19/h5-8,18H,4,9-17H2,1-3H3,(H2,23,24,25). The molecule has 2 aliphatic rings. The summed E-state index contributed by atoms with van der Waals surface area (Å²) in [5, 5.41) is 7.09. The van der Waals surface area contributed by atoms with Gasteiger partial charge in [-0.05, 0) is 75.1 Å². The predicted octanol–water partition coefficient (Wildman–Crippen LogP) is 3.36. The van der Waals surface area contributed by atoms with E-state index in [-0.39, 0.29) is 0 Å². The second kappa shape index (κ2) is 10.4. The Hall–Kier alpha value is -1.40. The van der Waals surface area contributed by atoms with Crippen LogP contribution in [0.15, 0.2) is 29.3 Å². The van der Waals surface area contributed by atoms with E-state index in [1.165, 1.54) is 50.1 Å². The predicted molar refractivity (Wildman–Crippen MR) is 120 cm³/mol. The Kier molecular flexibility index (Phi) is 7.91. The lowest BCUT2D eigenvalue weighted by Crippen LogP contribution is -2.46. The lowest BCUT2D eigenvalue weighted by atomic mass is 9.96. The van der Waals surface area contributed by atoms with E-state index in [9.17, 15) is 0 Å². The Morgan fingerprint density at radius 3 is 2.61 bits per heavy atom. The molecule has 5 nitrogen and oxygen atoms in total. The van der Waals surface area contributed by atoms with Gasteiger partial charge in [-0.25, -0.2) is 0 Å². The Morgan fingerprint density at radius 1 is 1.25 bits per heavy atom. The minimum absolute atomic E-state index is 0.365. The van der Waals surface area contributed by atoms with E-state index in [0.717, 1.165) is 37.3 Å². The van der Waals surface area contributed by atoms with Crippen molar-refractivity contribution in [3.63, 3.8) is 0 Å². The summed E-state index contributed by atoms with van der Waals surface area (Å²) in [7, 11) is 3.59. The maximum Gasteiger partial charge on any atom is 0.191 e. The van der Waals surface area contributed by atoms with E-state index >= 15 is 0 Å². The van der Waals surface area contributed by atoms with Crippen LogP contribution < -0.4 is 15.4 Å². The SMILES string of the molecule is CN=C(NCC1CCN(Cc2ccc(OC)cc2)CC1)NCC1(C)CCCS1. The fourth-order valence-corrected chi connectivity index (χ4v) is 5.29. The maximum atomic E-state index is 5.24. The molecule has 1 aromatic carbocycles. The molecule has 0 saturated carbocycles. The zero-order chi connectivity index (χ0) is 19.8. The van der Waals surface area contributed by atoms with Crippen molar-refractivity contribution in [2.75, 3.05) is 46.1 Å². The van der Waals surface area contributed by atoms with Gasteiger partial charge in [-0.2, -0.15) is 11.8 Å². The molecular formula is C22H36N4OS. The van der Waals surface area contributed by atoms with Crippen LogP contribution in [0.1, 0.15) is 38.2 Å². The molecule has 2 heterocycles. The zero-order valence-electron chi connectivity index (χ0n) is 17.7. The first-order valence-corrected chi connectivity index (χ1v) is 11.5. The molecule has 156 valence electrons. The van der Waals surface area contributed by atoms with Gasteiger partial charge in [0, 0.05) is 31.4 Å². The molecular weight excluding hydrogens is 368 g/mol. The smallest absolute Gasteiger partial charge is 0.191 e. The van der Waals surface area contributed by atoms with Crippen molar-refractivity contribution in [1.82, 2.24) is 15.5 Å². The Bertz CT molecular complexity index is 620. The van der Waals surface area contributed by atoms with Gasteiger partial charge < -0.3 is 15.4 Å². The molecule has 0 spiro atoms. The van der Waals surface area contributed by atoms with Crippen LogP contribution in [0.3, 0.4) is 0 Å². The first-order chi connectivity index (χ1) is 13.6. The third kappa shape index (κ3) is 6.31. The van der Waals surface area contributed by atoms with Crippen molar-refractivity contribution in [1.29, 1.82) is 0 Å². The third-order valence-corrected chi connectivity index (χ3v) is 7.52. The Balaban J connectivity index is 1.35. The van der Waals surface area contributed by atoms with Gasteiger partial charge in [0.05, 0.1) is 7.11 Å². The molecule has 0 aromatic heterocycles. The minimum atomic E-state index is 0.365. The molecule has 0 radical (unpaired) electrons. The molecule has 2 aliphatic heterocycles. The number of likely N-dealkylation sites (tertiary alicyclic amines) is 1. The molecule has 6 heteroatoms. The molecule has 2 fully saturated rings. The summed E-state index contributed by atoms with van der Waals surface area (Å²) >= 11 is 2.09. The molecule has 0 aliphatic carbocycles. The number of methoxy groups -OCH3 is 1. The first-order valence-electron chi connectivity index (χ1n) is 10.5. The molecule has 3 rings (SSSR count). The number of piperidine rings is 1. The van der Waals surface area contributed by atoms with E-state index in [2.05, 4.69) is 63.5 Å². The average molecular weight is 405 g/mol. The number of guanidine groups is 1. The van der Waals surface area contributed by atoms with Gasteiger partial charge in [0.2, 0.25) is 0 Å². The largest absolute Gasteiger partial charge is 0.497 e. The number of nitrogens with zero attached hydrogens (tertiary/aromatic N) is 2. The summed E-state index contributed by atoms with van der Waals surface area (Å²) in [6.45, 7) is 7.74. The highest BCUT2D eigenvalue weighted by Gasteiger charge is 2.29. The van der Waals surface area contributed by atoms with Crippen LogP contribution in [0.4, 0.5) is 0 Å². The number of ether oxygens (including phenoxy) is 1. The maximum absolute atomic E-state index is 5.24. The second-order valence-corrected chi connectivity index (χ2v) is 9.96. The van der Waals surface area contributed by atoms with Gasteiger partial charge >= 0.3 is 0 Å². The van der Waals surface area contributed by atoms with E-state index in [4.69, 9.17) is 4.74 Å². The summed E-state index contributed by atoms with van der Waals surface area (Å²) in [5.41, 5.74) is 1.36. The molecule has 0 amide bonds. The molecule has 1 unspecified atom stereocenters. The summed E-state index contributed by atoms with van der Waals surface area (Å²) < 4.78 is 5.61. The summed E-state index contributed by atoms with van der Waals surface area (Å²) in [5.74, 6) is 3.90. The fourth-order valence-electron chi connectivity index (χ4n) is 4.05. The Labute approximate surface area is 174 Å². The molecule has 2 N–H and O–H groups in total. The first kappa shape index (κ1) is 21.3. The van der Waals surface area contributed by atoms with Gasteiger partial charge in [-0.3, -0.25) is 9.89 Å². The lowest BCUT2D eigenvalue weighted by Gasteiger charge is -2.32. The van der Waals surface area contributed by atoms with Crippen molar-refractivity contribution in [2.24, 2.45) is 10.9 Å². The molecule has 1 atom stereocenters.